The summed E-state index contributed by atoms with van der Waals surface area (Å²) >= 11 is 0. The summed E-state index contributed by atoms with van der Waals surface area (Å²) in [5.41, 5.74) is 6.34. The highest BCUT2D eigenvalue weighted by Crippen LogP contribution is 2.46. The van der Waals surface area contributed by atoms with Crippen molar-refractivity contribution >= 4 is 22.8 Å². The van der Waals surface area contributed by atoms with Crippen molar-refractivity contribution in [2.75, 3.05) is 25.1 Å². The highest BCUT2D eigenvalue weighted by molar-refractivity contribution is 5.95. The van der Waals surface area contributed by atoms with Gasteiger partial charge >= 0.3 is 6.09 Å². The number of aromatic nitrogens is 2. The normalized spacial score (nSPS) is 22.3. The van der Waals surface area contributed by atoms with Gasteiger partial charge in [-0.25, -0.2) is 9.78 Å². The van der Waals surface area contributed by atoms with Gasteiger partial charge < -0.3 is 14.6 Å². The molecule has 0 radical (unpaired) electrons. The lowest BCUT2D eigenvalue weighted by molar-refractivity contribution is 0.0842. The van der Waals surface area contributed by atoms with Crippen molar-refractivity contribution in [1.82, 2.24) is 14.9 Å². The van der Waals surface area contributed by atoms with Crippen LogP contribution in [0, 0.1) is 5.41 Å². The van der Waals surface area contributed by atoms with Gasteiger partial charge in [0.2, 0.25) is 0 Å². The van der Waals surface area contributed by atoms with Gasteiger partial charge in [-0.15, -0.1) is 0 Å². The number of ether oxygens (including phenoxy) is 1. The topological polar surface area (TPSA) is 59.4 Å². The fourth-order valence-corrected chi connectivity index (χ4v) is 6.89. The quantitative estimate of drug-likeness (QED) is 0.492. The molecule has 2 atom stereocenters. The number of aryl methyl sites for hydroxylation is 1. The Kier molecular flexibility index (Phi) is 6.03. The molecule has 2 aliphatic heterocycles. The van der Waals surface area contributed by atoms with Crippen LogP contribution in [0.2, 0.25) is 0 Å². The molecule has 0 bridgehead atoms. The Balaban J connectivity index is 1.44. The number of anilines is 1. The third-order valence-corrected chi connectivity index (χ3v) is 9.06. The average Bonchev–Trinajstić information content (AvgIpc) is 3.28. The number of carbonyl (C=O) groups is 1. The highest BCUT2D eigenvalue weighted by atomic mass is 16.5. The van der Waals surface area contributed by atoms with Crippen LogP contribution in [-0.2, 0) is 17.6 Å². The minimum atomic E-state index is -0.286. The SMILES string of the molecule is COC(=O)N1c2ccc3c(nc(C(C)Cc4ccccc4)n3C3CCC4(CC3)CNC4)c2CC[C@@H]1C. The number of hydrogen-bond acceptors (Lipinski definition) is 4. The molecule has 6 heteroatoms. The van der Waals surface area contributed by atoms with Crippen LogP contribution in [-0.4, -0.2) is 41.9 Å². The summed E-state index contributed by atoms with van der Waals surface area (Å²) in [6, 6.07) is 15.7. The van der Waals surface area contributed by atoms with Gasteiger partial charge in [0.05, 0.1) is 23.8 Å². The average molecular weight is 487 g/mol. The predicted molar refractivity (Wildman–Crippen MR) is 144 cm³/mol. The minimum Gasteiger partial charge on any atom is -0.452 e. The number of nitrogens with one attached hydrogen (secondary N) is 1. The van der Waals surface area contributed by atoms with Gasteiger partial charge in [0.1, 0.15) is 5.82 Å². The van der Waals surface area contributed by atoms with Crippen LogP contribution in [0.1, 0.15) is 74.9 Å². The smallest absolute Gasteiger partial charge is 0.414 e. The molecule has 6 nitrogen and oxygen atoms in total. The second kappa shape index (κ2) is 9.22. The Morgan fingerprint density at radius 1 is 1.14 bits per heavy atom. The van der Waals surface area contributed by atoms with E-state index in [9.17, 15) is 4.79 Å². The fourth-order valence-electron chi connectivity index (χ4n) is 6.89. The van der Waals surface area contributed by atoms with Gasteiger partial charge in [0.25, 0.3) is 0 Å². The molecule has 1 amide bonds. The number of nitrogens with zero attached hydrogens (tertiary/aromatic N) is 3. The van der Waals surface area contributed by atoms with E-state index in [0.717, 1.165) is 30.5 Å². The van der Waals surface area contributed by atoms with Crippen molar-refractivity contribution in [3.8, 4) is 0 Å². The molecule has 1 saturated heterocycles. The van der Waals surface area contributed by atoms with E-state index in [1.165, 1.54) is 68.4 Å². The van der Waals surface area contributed by atoms with Crippen LogP contribution in [0.5, 0.6) is 0 Å². The molecule has 6 rings (SSSR count). The molecule has 1 unspecified atom stereocenters. The number of benzene rings is 2. The summed E-state index contributed by atoms with van der Waals surface area (Å²) in [6.45, 7) is 6.77. The standard InChI is InChI=1S/C30H38N4O2/c1-20(17-22-7-5-4-6-8-22)28-32-27-24-10-9-21(2)33(29(35)36-3)25(24)11-12-26(27)34(28)23-13-15-30(16-14-23)18-31-19-30/h4-8,11-12,20-21,23,31H,9-10,13-19H2,1-3H3/t20?,21-/m0/s1. The lowest BCUT2D eigenvalue weighted by atomic mass is 9.68. The van der Waals surface area contributed by atoms with Crippen molar-refractivity contribution < 1.29 is 9.53 Å². The molecule has 1 spiro atoms. The second-order valence-corrected chi connectivity index (χ2v) is 11.4. The molecule has 1 aliphatic carbocycles. The van der Waals surface area contributed by atoms with Crippen LogP contribution >= 0.6 is 0 Å². The van der Waals surface area contributed by atoms with E-state index in [1.807, 2.05) is 4.90 Å². The van der Waals surface area contributed by atoms with Crippen molar-refractivity contribution in [1.29, 1.82) is 0 Å². The van der Waals surface area contributed by atoms with Gasteiger partial charge in [-0.1, -0.05) is 37.3 Å². The summed E-state index contributed by atoms with van der Waals surface area (Å²) in [4.78, 5) is 19.9. The molecule has 2 aromatic carbocycles. The number of rotatable bonds is 4. The van der Waals surface area contributed by atoms with E-state index < -0.39 is 0 Å². The summed E-state index contributed by atoms with van der Waals surface area (Å²) in [6.07, 6.45) is 7.53. The Labute approximate surface area is 214 Å². The first-order valence-electron chi connectivity index (χ1n) is 13.7. The van der Waals surface area contributed by atoms with Gasteiger partial charge in [0.15, 0.2) is 0 Å². The van der Waals surface area contributed by atoms with Gasteiger partial charge in [-0.2, -0.15) is 0 Å². The molecule has 2 fully saturated rings. The summed E-state index contributed by atoms with van der Waals surface area (Å²) in [7, 11) is 1.47. The number of imidazole rings is 1. The highest BCUT2D eigenvalue weighted by Gasteiger charge is 2.41. The maximum atomic E-state index is 12.7. The lowest BCUT2D eigenvalue weighted by Gasteiger charge is -2.48. The van der Waals surface area contributed by atoms with Crippen LogP contribution in [0.25, 0.3) is 11.0 Å². The zero-order chi connectivity index (χ0) is 24.9. The molecule has 190 valence electrons. The molecule has 3 heterocycles. The van der Waals surface area contributed by atoms with Gasteiger partial charge in [-0.05, 0) is 75.0 Å². The molecule has 1 saturated carbocycles. The molecular formula is C30H38N4O2. The molecule has 3 aliphatic rings. The van der Waals surface area contributed by atoms with Gasteiger partial charge in [0, 0.05) is 36.7 Å². The first-order valence-corrected chi connectivity index (χ1v) is 13.7. The molecule has 1 aromatic heterocycles. The summed E-state index contributed by atoms with van der Waals surface area (Å²) in [5, 5.41) is 3.50. The van der Waals surface area contributed by atoms with E-state index >= 15 is 0 Å². The number of methoxy groups -OCH3 is 1. The van der Waals surface area contributed by atoms with Crippen molar-refractivity contribution in [2.45, 2.75) is 76.8 Å². The Morgan fingerprint density at radius 2 is 1.89 bits per heavy atom. The zero-order valence-corrected chi connectivity index (χ0v) is 21.8. The van der Waals surface area contributed by atoms with Crippen molar-refractivity contribution in [2.24, 2.45) is 5.41 Å². The molecular weight excluding hydrogens is 448 g/mol. The Morgan fingerprint density at radius 3 is 2.56 bits per heavy atom. The summed E-state index contributed by atoms with van der Waals surface area (Å²) in [5.74, 6) is 1.49. The molecule has 1 N–H and O–H groups in total. The predicted octanol–water partition coefficient (Wildman–Crippen LogP) is 5.99. The van der Waals surface area contributed by atoms with Gasteiger partial charge in [-0.3, -0.25) is 4.90 Å². The monoisotopic (exact) mass is 486 g/mol. The number of fused-ring (bicyclic) bond motifs is 3. The Bertz CT molecular complexity index is 1250. The molecule has 36 heavy (non-hydrogen) atoms. The largest absolute Gasteiger partial charge is 0.452 e. The first-order chi connectivity index (χ1) is 17.5. The van der Waals surface area contributed by atoms with E-state index in [4.69, 9.17) is 9.72 Å². The Hall–Kier alpha value is -2.86. The van der Waals surface area contributed by atoms with Crippen LogP contribution in [0.15, 0.2) is 42.5 Å². The van der Waals surface area contributed by atoms with E-state index in [-0.39, 0.29) is 12.1 Å². The van der Waals surface area contributed by atoms with Crippen LogP contribution < -0.4 is 10.2 Å². The second-order valence-electron chi connectivity index (χ2n) is 11.4. The lowest BCUT2D eigenvalue weighted by Crippen LogP contribution is -2.54. The minimum absolute atomic E-state index is 0.117. The number of carbonyl (C=O) groups excluding carboxylic acids is 1. The van der Waals surface area contributed by atoms with E-state index in [2.05, 4.69) is 66.2 Å². The number of hydrogen-bond donors (Lipinski definition) is 1. The van der Waals surface area contributed by atoms with E-state index in [0.29, 0.717) is 17.4 Å². The van der Waals surface area contributed by atoms with Crippen LogP contribution in [0.4, 0.5) is 10.5 Å². The van der Waals surface area contributed by atoms with Crippen molar-refractivity contribution in [3.05, 3.63) is 59.4 Å². The van der Waals surface area contributed by atoms with E-state index in [1.54, 1.807) is 0 Å². The maximum Gasteiger partial charge on any atom is 0.414 e. The number of amides is 1. The third-order valence-electron chi connectivity index (χ3n) is 9.06. The third kappa shape index (κ3) is 3.90. The molecule has 3 aromatic rings. The first kappa shape index (κ1) is 23.5. The van der Waals surface area contributed by atoms with Crippen LogP contribution in [0.3, 0.4) is 0 Å². The fraction of sp³-hybridized carbons (Fsp3) is 0.533. The summed E-state index contributed by atoms with van der Waals surface area (Å²) < 4.78 is 7.74. The van der Waals surface area contributed by atoms with Crippen molar-refractivity contribution in [3.63, 3.8) is 0 Å². The zero-order valence-electron chi connectivity index (χ0n) is 21.8. The maximum absolute atomic E-state index is 12.7.